The van der Waals surface area contributed by atoms with Crippen molar-refractivity contribution in [3.8, 4) is 0 Å². The first kappa shape index (κ1) is 42.3. The van der Waals surface area contributed by atoms with E-state index >= 15 is 0 Å². The maximum Gasteiger partial charge on any atom is 0.328 e. The highest BCUT2D eigenvalue weighted by molar-refractivity contribution is 7.98. The van der Waals surface area contributed by atoms with Gasteiger partial charge in [0.15, 0.2) is 0 Å². The van der Waals surface area contributed by atoms with Gasteiger partial charge in [-0.3, -0.25) is 19.2 Å². The molecule has 11 nitrogen and oxygen atoms in total. The molecular weight excluding hydrogens is 679 g/mol. The molecule has 0 saturated heterocycles. The number of carbonyl (C=O) groups is 5. The van der Waals surface area contributed by atoms with Gasteiger partial charge in [0.05, 0.1) is 12.1 Å². The van der Waals surface area contributed by atoms with Crippen LogP contribution in [-0.4, -0.2) is 87.4 Å². The van der Waals surface area contributed by atoms with E-state index in [-0.39, 0.29) is 17.7 Å². The highest BCUT2D eigenvalue weighted by Crippen LogP contribution is 2.39. The lowest BCUT2D eigenvalue weighted by Crippen LogP contribution is -2.57. The van der Waals surface area contributed by atoms with Crippen LogP contribution in [0, 0.1) is 23.7 Å². The molecule has 0 unspecified atom stereocenters. The van der Waals surface area contributed by atoms with Crippen LogP contribution < -0.4 is 21.3 Å². The Labute approximate surface area is 292 Å². The predicted octanol–water partition coefficient (Wildman–Crippen LogP) is 3.67. The number of alkyl halides is 3. The average Bonchev–Trinajstić information content (AvgIpc) is 3.33. The quantitative estimate of drug-likeness (QED) is 0.0811. The molecule has 4 amide bonds. The number of thioether (sulfide) groups is 1. The van der Waals surface area contributed by atoms with Crippen LogP contribution in [0.1, 0.15) is 73.6 Å². The van der Waals surface area contributed by atoms with Gasteiger partial charge < -0.3 is 31.1 Å². The van der Waals surface area contributed by atoms with Gasteiger partial charge in [-0.15, -0.1) is 0 Å². The number of hydrogen-bond acceptors (Lipinski definition) is 8. The van der Waals surface area contributed by atoms with Crippen molar-refractivity contribution in [1.82, 2.24) is 21.3 Å². The monoisotopic (exact) mass is 728 g/mol. The number of esters is 1. The van der Waals surface area contributed by atoms with E-state index in [9.17, 15) is 29.1 Å². The van der Waals surface area contributed by atoms with E-state index < -0.39 is 76.2 Å². The molecule has 0 bridgehead atoms. The summed E-state index contributed by atoms with van der Waals surface area (Å²) in [6.45, 7) is 14.1. The highest BCUT2D eigenvalue weighted by Gasteiger charge is 2.43. The molecule has 0 heterocycles. The number of halogens is 3. The molecule has 1 rings (SSSR count). The standard InChI is InChI=1S/C31H51Cl3N4O7S/c1-16(2)11-24(38-28(42)23(9-10-46-8)37-29(43)25(12-17(3)4)36-20(7)39)26(40)21-13-18(5)14-22(21)27(41)35-19(6)30(44)45-15-31(32,33)34/h16-17,19,21-26,40H,5,9-15H2,1-4,6-8H3,(H,35,41)(H,36,39)(H,37,43)(H,38,42)/t19-,21+,22+,23-,24-,25-,26-/m0/s1. The van der Waals surface area contributed by atoms with Crippen LogP contribution in [0.5, 0.6) is 0 Å². The first-order valence-electron chi connectivity index (χ1n) is 15.5. The maximum atomic E-state index is 13.7. The molecule has 1 aliphatic rings. The third-order valence-corrected chi connectivity index (χ3v) is 8.50. The molecule has 0 aromatic heterocycles. The summed E-state index contributed by atoms with van der Waals surface area (Å²) in [7, 11) is 0. The number of aliphatic hydroxyl groups is 1. The van der Waals surface area contributed by atoms with Crippen LogP contribution in [0.25, 0.3) is 0 Å². The summed E-state index contributed by atoms with van der Waals surface area (Å²) in [6, 6.07) is -3.51. The summed E-state index contributed by atoms with van der Waals surface area (Å²) in [6.07, 6.45) is 2.51. The molecule has 0 aromatic carbocycles. The molecule has 46 heavy (non-hydrogen) atoms. The number of carbonyl (C=O) groups excluding carboxylic acids is 5. The van der Waals surface area contributed by atoms with Crippen molar-refractivity contribution in [2.75, 3.05) is 18.6 Å². The lowest BCUT2D eigenvalue weighted by molar-refractivity contribution is -0.148. The topological polar surface area (TPSA) is 163 Å². The Bertz CT molecular complexity index is 1070. The Morgan fingerprint density at radius 2 is 1.52 bits per heavy atom. The third-order valence-electron chi connectivity index (χ3n) is 7.53. The zero-order valence-electron chi connectivity index (χ0n) is 27.8. The molecule has 1 aliphatic carbocycles. The number of hydrogen-bond donors (Lipinski definition) is 5. The first-order valence-corrected chi connectivity index (χ1v) is 18.0. The lowest BCUT2D eigenvalue weighted by Gasteiger charge is -2.33. The largest absolute Gasteiger partial charge is 0.460 e. The molecular formula is C31H51Cl3N4O7S. The Hall–Kier alpha value is -1.73. The van der Waals surface area contributed by atoms with E-state index in [4.69, 9.17) is 39.5 Å². The molecule has 5 N–H and O–H groups in total. The molecule has 1 fully saturated rings. The van der Waals surface area contributed by atoms with Gasteiger partial charge >= 0.3 is 5.97 Å². The normalized spacial score (nSPS) is 20.0. The summed E-state index contributed by atoms with van der Waals surface area (Å²) in [5.74, 6) is -3.10. The zero-order chi connectivity index (χ0) is 35.4. The van der Waals surface area contributed by atoms with Gasteiger partial charge in [0.2, 0.25) is 27.4 Å². The fraction of sp³-hybridized carbons (Fsp3) is 0.774. The Morgan fingerprint density at radius 3 is 2.04 bits per heavy atom. The summed E-state index contributed by atoms with van der Waals surface area (Å²) < 4.78 is 3.17. The first-order chi connectivity index (χ1) is 21.2. The molecule has 0 aliphatic heterocycles. The third kappa shape index (κ3) is 15.4. The van der Waals surface area contributed by atoms with E-state index in [0.29, 0.717) is 37.9 Å². The van der Waals surface area contributed by atoms with Crippen LogP contribution >= 0.6 is 46.6 Å². The van der Waals surface area contributed by atoms with Crippen molar-refractivity contribution in [3.05, 3.63) is 12.2 Å². The second kappa shape index (κ2) is 19.9. The molecule has 15 heteroatoms. The number of nitrogens with one attached hydrogen (secondary N) is 4. The molecule has 0 radical (unpaired) electrons. The highest BCUT2D eigenvalue weighted by atomic mass is 35.6. The minimum Gasteiger partial charge on any atom is -0.460 e. The average molecular weight is 730 g/mol. The van der Waals surface area contributed by atoms with Crippen molar-refractivity contribution < 1.29 is 33.8 Å². The number of aliphatic hydroxyl groups excluding tert-OH is 1. The predicted molar refractivity (Wildman–Crippen MR) is 184 cm³/mol. The van der Waals surface area contributed by atoms with E-state index in [2.05, 4.69) is 27.8 Å². The van der Waals surface area contributed by atoms with Crippen molar-refractivity contribution >= 4 is 76.2 Å². The van der Waals surface area contributed by atoms with Crippen molar-refractivity contribution in [2.24, 2.45) is 23.7 Å². The van der Waals surface area contributed by atoms with Gasteiger partial charge in [0.25, 0.3) is 0 Å². The second-order valence-corrected chi connectivity index (χ2v) is 16.3. The summed E-state index contributed by atoms with van der Waals surface area (Å²) in [4.78, 5) is 64.3. The van der Waals surface area contributed by atoms with Crippen LogP contribution in [0.3, 0.4) is 0 Å². The van der Waals surface area contributed by atoms with Crippen LogP contribution in [0.15, 0.2) is 12.2 Å². The maximum absolute atomic E-state index is 13.7. The van der Waals surface area contributed by atoms with Gasteiger partial charge in [-0.2, -0.15) is 11.8 Å². The summed E-state index contributed by atoms with van der Waals surface area (Å²) in [5, 5.41) is 22.7. The van der Waals surface area contributed by atoms with Crippen LogP contribution in [-0.2, 0) is 28.7 Å². The Kier molecular flexibility index (Phi) is 18.3. The molecule has 7 atom stereocenters. The fourth-order valence-electron chi connectivity index (χ4n) is 5.42. The van der Waals surface area contributed by atoms with E-state index in [1.54, 1.807) is 0 Å². The molecule has 0 spiro atoms. The van der Waals surface area contributed by atoms with Gasteiger partial charge in [-0.1, -0.05) is 74.6 Å². The van der Waals surface area contributed by atoms with Crippen molar-refractivity contribution in [1.29, 1.82) is 0 Å². The number of allylic oxidation sites excluding steroid dienone is 1. The lowest BCUT2D eigenvalue weighted by atomic mass is 9.83. The smallest absolute Gasteiger partial charge is 0.328 e. The molecule has 1 saturated carbocycles. The van der Waals surface area contributed by atoms with Gasteiger partial charge in [0, 0.05) is 18.8 Å². The Balaban J connectivity index is 3.15. The van der Waals surface area contributed by atoms with Crippen LogP contribution in [0.4, 0.5) is 0 Å². The molecule has 264 valence electrons. The Morgan fingerprint density at radius 1 is 0.935 bits per heavy atom. The van der Waals surface area contributed by atoms with Crippen molar-refractivity contribution in [2.45, 2.75) is 108 Å². The van der Waals surface area contributed by atoms with Gasteiger partial charge in [0.1, 0.15) is 24.7 Å². The molecule has 0 aromatic rings. The number of ether oxygens (including phenoxy) is 1. The second-order valence-electron chi connectivity index (χ2n) is 12.8. The summed E-state index contributed by atoms with van der Waals surface area (Å²) in [5.41, 5.74) is 0.754. The van der Waals surface area contributed by atoms with E-state index in [1.165, 1.54) is 25.6 Å². The van der Waals surface area contributed by atoms with Gasteiger partial charge in [-0.25, -0.2) is 4.79 Å². The minimum atomic E-state index is -1.80. The van der Waals surface area contributed by atoms with Gasteiger partial charge in [-0.05, 0) is 62.9 Å². The zero-order valence-corrected chi connectivity index (χ0v) is 30.9. The summed E-state index contributed by atoms with van der Waals surface area (Å²) >= 11 is 18.4. The SMILES string of the molecule is C=C1C[C@@H]([C@H](O)[C@H](CC(C)C)NC(=O)[C@H](CCSC)NC(=O)[C@H](CC(C)C)NC(C)=O)[C@H](C(=O)N[C@@H](C)C(=O)OCC(Cl)(Cl)Cl)C1. The number of rotatable bonds is 18. The minimum absolute atomic E-state index is 0.0685. The van der Waals surface area contributed by atoms with E-state index in [0.717, 1.165) is 5.57 Å². The van der Waals surface area contributed by atoms with E-state index in [1.807, 2.05) is 34.0 Å². The number of amides is 4. The van der Waals surface area contributed by atoms with Crippen molar-refractivity contribution in [3.63, 3.8) is 0 Å². The van der Waals surface area contributed by atoms with Crippen LogP contribution in [0.2, 0.25) is 0 Å². The fourth-order valence-corrected chi connectivity index (χ4v) is 6.06.